The van der Waals surface area contributed by atoms with E-state index in [1.54, 1.807) is 13.1 Å². The van der Waals surface area contributed by atoms with E-state index in [1.165, 1.54) is 4.68 Å². The number of primary amides is 1. The highest BCUT2D eigenvalue weighted by molar-refractivity contribution is 5.91. The quantitative estimate of drug-likeness (QED) is 0.749. The molecule has 0 aliphatic carbocycles. The monoisotopic (exact) mass is 181 g/mol. The smallest absolute Gasteiger partial charge is 0.266 e. The highest BCUT2D eigenvalue weighted by atomic mass is 16.1. The zero-order valence-corrected chi connectivity index (χ0v) is 8.08. The van der Waals surface area contributed by atoms with Gasteiger partial charge in [0.15, 0.2) is 0 Å². The summed E-state index contributed by atoms with van der Waals surface area (Å²) >= 11 is 0. The largest absolute Gasteiger partial charge is 0.364 e. The lowest BCUT2D eigenvalue weighted by atomic mass is 10.2. The fourth-order valence-electron chi connectivity index (χ4n) is 1.24. The third kappa shape index (κ3) is 2.31. The molecule has 0 aromatic carbocycles. The van der Waals surface area contributed by atoms with E-state index in [9.17, 15) is 4.79 Å². The molecule has 0 unspecified atom stereocenters. The van der Waals surface area contributed by atoms with Gasteiger partial charge in [0.25, 0.3) is 5.91 Å². The van der Waals surface area contributed by atoms with E-state index in [0.29, 0.717) is 5.69 Å². The van der Waals surface area contributed by atoms with Gasteiger partial charge in [-0.05, 0) is 18.9 Å². The lowest BCUT2D eigenvalue weighted by Gasteiger charge is -1.92. The zero-order chi connectivity index (χ0) is 9.84. The van der Waals surface area contributed by atoms with Crippen LogP contribution in [0.2, 0.25) is 0 Å². The van der Waals surface area contributed by atoms with Gasteiger partial charge in [-0.1, -0.05) is 13.3 Å². The van der Waals surface area contributed by atoms with Crippen LogP contribution >= 0.6 is 0 Å². The molecule has 0 bridgehead atoms. The highest BCUT2D eigenvalue weighted by Gasteiger charge is 2.08. The fourth-order valence-corrected chi connectivity index (χ4v) is 1.24. The Balaban J connectivity index is 2.76. The van der Waals surface area contributed by atoms with Crippen molar-refractivity contribution in [3.05, 3.63) is 17.5 Å². The van der Waals surface area contributed by atoms with Crippen molar-refractivity contribution in [3.63, 3.8) is 0 Å². The first-order valence-corrected chi connectivity index (χ1v) is 4.48. The van der Waals surface area contributed by atoms with Gasteiger partial charge >= 0.3 is 0 Å². The third-order valence-corrected chi connectivity index (χ3v) is 1.97. The highest BCUT2D eigenvalue weighted by Crippen LogP contribution is 2.05. The van der Waals surface area contributed by atoms with Crippen molar-refractivity contribution < 1.29 is 4.79 Å². The predicted octanol–water partition coefficient (Wildman–Crippen LogP) is 0.862. The van der Waals surface area contributed by atoms with Crippen molar-refractivity contribution in [1.82, 2.24) is 9.78 Å². The molecule has 0 spiro atoms. The molecule has 0 atom stereocenters. The van der Waals surface area contributed by atoms with Gasteiger partial charge in [-0.15, -0.1) is 0 Å². The summed E-state index contributed by atoms with van der Waals surface area (Å²) < 4.78 is 1.54. The summed E-state index contributed by atoms with van der Waals surface area (Å²) in [5, 5.41) is 4.19. The molecule has 1 amide bonds. The molecule has 1 heterocycles. The van der Waals surface area contributed by atoms with Crippen LogP contribution in [-0.4, -0.2) is 15.7 Å². The number of hydrogen-bond donors (Lipinski definition) is 1. The van der Waals surface area contributed by atoms with Crippen LogP contribution < -0.4 is 5.73 Å². The van der Waals surface area contributed by atoms with Crippen molar-refractivity contribution >= 4 is 5.91 Å². The SMILES string of the molecule is CCCCc1cc(C(N)=O)n(C)n1. The molecule has 4 nitrogen and oxygen atoms in total. The van der Waals surface area contributed by atoms with Crippen molar-refractivity contribution in [2.45, 2.75) is 26.2 Å². The number of aromatic nitrogens is 2. The summed E-state index contributed by atoms with van der Waals surface area (Å²) in [4.78, 5) is 10.9. The van der Waals surface area contributed by atoms with Crippen LogP contribution in [-0.2, 0) is 13.5 Å². The van der Waals surface area contributed by atoms with Gasteiger partial charge in [0, 0.05) is 7.05 Å². The minimum absolute atomic E-state index is 0.419. The molecule has 0 radical (unpaired) electrons. The molecule has 1 rings (SSSR count). The number of aryl methyl sites for hydroxylation is 2. The minimum atomic E-state index is -0.419. The predicted molar refractivity (Wildman–Crippen MR) is 50.3 cm³/mol. The molecule has 2 N–H and O–H groups in total. The molecule has 0 saturated heterocycles. The second-order valence-electron chi connectivity index (χ2n) is 3.11. The minimum Gasteiger partial charge on any atom is -0.364 e. The molecular formula is C9H15N3O. The van der Waals surface area contributed by atoms with Crippen LogP contribution in [0, 0.1) is 0 Å². The summed E-state index contributed by atoms with van der Waals surface area (Å²) in [6.45, 7) is 2.12. The number of amides is 1. The molecule has 0 aliphatic rings. The summed E-state index contributed by atoms with van der Waals surface area (Å²) in [6, 6.07) is 1.76. The Bertz CT molecular complexity index is 304. The zero-order valence-electron chi connectivity index (χ0n) is 8.08. The van der Waals surface area contributed by atoms with Crippen LogP contribution in [0.5, 0.6) is 0 Å². The Labute approximate surface area is 77.7 Å². The number of carbonyl (C=O) groups excluding carboxylic acids is 1. The fraction of sp³-hybridized carbons (Fsp3) is 0.556. The molecule has 0 saturated carbocycles. The molecular weight excluding hydrogens is 166 g/mol. The Kier molecular flexibility index (Phi) is 3.06. The average Bonchev–Trinajstić information content (AvgIpc) is 2.43. The molecule has 0 aliphatic heterocycles. The van der Waals surface area contributed by atoms with Crippen molar-refractivity contribution in [3.8, 4) is 0 Å². The normalized spacial score (nSPS) is 10.3. The topological polar surface area (TPSA) is 60.9 Å². The van der Waals surface area contributed by atoms with E-state index >= 15 is 0 Å². The number of hydrogen-bond acceptors (Lipinski definition) is 2. The number of carbonyl (C=O) groups is 1. The molecule has 72 valence electrons. The van der Waals surface area contributed by atoms with Gasteiger partial charge in [0.2, 0.25) is 0 Å². The van der Waals surface area contributed by atoms with Crippen LogP contribution in [0.3, 0.4) is 0 Å². The number of nitrogens with zero attached hydrogens (tertiary/aromatic N) is 2. The summed E-state index contributed by atoms with van der Waals surface area (Å²) in [5.74, 6) is -0.419. The van der Waals surface area contributed by atoms with Crippen LogP contribution in [0.25, 0.3) is 0 Å². The van der Waals surface area contributed by atoms with Crippen LogP contribution in [0.4, 0.5) is 0 Å². The maximum atomic E-state index is 10.9. The summed E-state index contributed by atoms with van der Waals surface area (Å²) in [7, 11) is 1.73. The number of unbranched alkanes of at least 4 members (excludes halogenated alkanes) is 1. The first kappa shape index (κ1) is 9.77. The molecule has 0 fully saturated rings. The van der Waals surface area contributed by atoms with Gasteiger partial charge in [0.05, 0.1) is 5.69 Å². The molecule has 13 heavy (non-hydrogen) atoms. The molecule has 4 heteroatoms. The Morgan fingerprint density at radius 3 is 2.85 bits per heavy atom. The van der Waals surface area contributed by atoms with Gasteiger partial charge in [-0.2, -0.15) is 5.10 Å². The van der Waals surface area contributed by atoms with Crippen molar-refractivity contribution in [2.75, 3.05) is 0 Å². The van der Waals surface area contributed by atoms with E-state index < -0.39 is 5.91 Å². The average molecular weight is 181 g/mol. The second-order valence-corrected chi connectivity index (χ2v) is 3.11. The van der Waals surface area contributed by atoms with Crippen LogP contribution in [0.1, 0.15) is 35.9 Å². The lowest BCUT2D eigenvalue weighted by Crippen LogP contribution is -2.15. The number of nitrogens with two attached hydrogens (primary N) is 1. The van der Waals surface area contributed by atoms with E-state index in [1.807, 2.05) is 0 Å². The van der Waals surface area contributed by atoms with Gasteiger partial charge in [-0.3, -0.25) is 9.48 Å². The first-order valence-electron chi connectivity index (χ1n) is 4.48. The van der Waals surface area contributed by atoms with E-state index in [0.717, 1.165) is 25.0 Å². The molecule has 1 aromatic heterocycles. The third-order valence-electron chi connectivity index (χ3n) is 1.97. The van der Waals surface area contributed by atoms with Gasteiger partial charge in [0.1, 0.15) is 5.69 Å². The Hall–Kier alpha value is -1.32. The first-order chi connectivity index (χ1) is 6.15. The van der Waals surface area contributed by atoms with E-state index in [4.69, 9.17) is 5.73 Å². The summed E-state index contributed by atoms with van der Waals surface area (Å²) in [6.07, 6.45) is 3.13. The maximum absolute atomic E-state index is 10.9. The van der Waals surface area contributed by atoms with Gasteiger partial charge < -0.3 is 5.73 Å². The Morgan fingerprint density at radius 2 is 2.38 bits per heavy atom. The van der Waals surface area contributed by atoms with Crippen LogP contribution in [0.15, 0.2) is 6.07 Å². The van der Waals surface area contributed by atoms with Crippen molar-refractivity contribution in [1.29, 1.82) is 0 Å². The van der Waals surface area contributed by atoms with E-state index in [2.05, 4.69) is 12.0 Å². The van der Waals surface area contributed by atoms with Crippen molar-refractivity contribution in [2.24, 2.45) is 12.8 Å². The maximum Gasteiger partial charge on any atom is 0.266 e. The number of rotatable bonds is 4. The second kappa shape index (κ2) is 4.07. The lowest BCUT2D eigenvalue weighted by molar-refractivity contribution is 0.0991. The molecule has 1 aromatic rings. The standard InChI is InChI=1S/C9H15N3O/c1-3-4-5-7-6-8(9(10)13)12(2)11-7/h6H,3-5H2,1-2H3,(H2,10,13). The summed E-state index contributed by atoms with van der Waals surface area (Å²) in [5.41, 5.74) is 6.58. The van der Waals surface area contributed by atoms with Gasteiger partial charge in [-0.25, -0.2) is 0 Å². The van der Waals surface area contributed by atoms with E-state index in [-0.39, 0.29) is 0 Å². The Morgan fingerprint density at radius 1 is 1.69 bits per heavy atom.